The molecule has 1 aromatic heterocycles. The molecule has 0 aliphatic carbocycles. The Morgan fingerprint density at radius 3 is 3.06 bits per heavy atom. The fourth-order valence-corrected chi connectivity index (χ4v) is 2.27. The van der Waals surface area contributed by atoms with Crippen LogP contribution < -0.4 is 10.6 Å². The molecule has 1 fully saturated rings. The summed E-state index contributed by atoms with van der Waals surface area (Å²) >= 11 is 0. The average Bonchev–Trinajstić information content (AvgIpc) is 2.88. The van der Waals surface area contributed by atoms with Crippen LogP contribution in [0.15, 0.2) is 18.7 Å². The first-order chi connectivity index (χ1) is 8.16. The minimum absolute atomic E-state index is 0.111. The highest BCUT2D eigenvalue weighted by Crippen LogP contribution is 2.15. The first-order valence-corrected chi connectivity index (χ1v) is 6.13. The van der Waals surface area contributed by atoms with E-state index in [1.165, 1.54) is 0 Å². The van der Waals surface area contributed by atoms with Crippen LogP contribution in [-0.2, 0) is 11.3 Å². The number of amides is 1. The Balaban J connectivity index is 1.82. The van der Waals surface area contributed by atoms with Gasteiger partial charge >= 0.3 is 0 Å². The zero-order valence-electron chi connectivity index (χ0n) is 10.4. The number of rotatable bonds is 4. The van der Waals surface area contributed by atoms with Crippen LogP contribution in [0, 0.1) is 11.8 Å². The van der Waals surface area contributed by atoms with Crippen molar-refractivity contribution < 1.29 is 4.79 Å². The number of imidazole rings is 1. The van der Waals surface area contributed by atoms with Crippen LogP contribution in [0.25, 0.3) is 0 Å². The van der Waals surface area contributed by atoms with Crippen molar-refractivity contribution >= 4 is 5.91 Å². The van der Waals surface area contributed by atoms with Gasteiger partial charge < -0.3 is 15.2 Å². The first-order valence-electron chi connectivity index (χ1n) is 6.13. The zero-order chi connectivity index (χ0) is 12.3. The molecule has 3 unspecified atom stereocenters. The van der Waals surface area contributed by atoms with Gasteiger partial charge in [0, 0.05) is 31.5 Å². The molecule has 5 nitrogen and oxygen atoms in total. The molecule has 94 valence electrons. The van der Waals surface area contributed by atoms with Crippen molar-refractivity contribution in [2.45, 2.75) is 26.4 Å². The van der Waals surface area contributed by atoms with Crippen LogP contribution in [-0.4, -0.2) is 34.6 Å². The van der Waals surface area contributed by atoms with Gasteiger partial charge in [-0.05, 0) is 19.4 Å². The minimum atomic E-state index is 0.111. The quantitative estimate of drug-likeness (QED) is 0.787. The molecule has 2 N–H and O–H groups in total. The molecule has 2 rings (SSSR count). The van der Waals surface area contributed by atoms with Crippen LogP contribution in [0.2, 0.25) is 0 Å². The summed E-state index contributed by atoms with van der Waals surface area (Å²) in [5, 5.41) is 6.31. The van der Waals surface area contributed by atoms with Crippen molar-refractivity contribution in [1.82, 2.24) is 20.2 Å². The Labute approximate surface area is 102 Å². The number of hydrogen-bond donors (Lipinski definition) is 2. The fourth-order valence-electron chi connectivity index (χ4n) is 2.27. The lowest BCUT2D eigenvalue weighted by atomic mass is 9.97. The van der Waals surface area contributed by atoms with Gasteiger partial charge in [0.1, 0.15) is 0 Å². The molecule has 1 aliphatic rings. The van der Waals surface area contributed by atoms with E-state index in [1.54, 1.807) is 12.5 Å². The van der Waals surface area contributed by atoms with Gasteiger partial charge in [0.05, 0.1) is 12.2 Å². The standard InChI is InChI=1S/C12H20N4O/c1-9-5-14-6-11(9)12(17)15-10(2)7-16-4-3-13-8-16/h3-4,8-11,14H,5-7H2,1-2H3,(H,15,17). The maximum atomic E-state index is 12.0. The largest absolute Gasteiger partial charge is 0.352 e. The van der Waals surface area contributed by atoms with Crippen LogP contribution in [0.1, 0.15) is 13.8 Å². The van der Waals surface area contributed by atoms with Crippen molar-refractivity contribution in [1.29, 1.82) is 0 Å². The van der Waals surface area contributed by atoms with E-state index in [2.05, 4.69) is 22.5 Å². The maximum Gasteiger partial charge on any atom is 0.224 e. The first kappa shape index (κ1) is 12.1. The molecule has 1 aromatic rings. The van der Waals surface area contributed by atoms with E-state index in [0.29, 0.717) is 5.92 Å². The summed E-state index contributed by atoms with van der Waals surface area (Å²) in [5.41, 5.74) is 0. The van der Waals surface area contributed by atoms with E-state index in [9.17, 15) is 4.79 Å². The van der Waals surface area contributed by atoms with Gasteiger partial charge in [-0.2, -0.15) is 0 Å². The lowest BCUT2D eigenvalue weighted by molar-refractivity contribution is -0.126. The Morgan fingerprint density at radius 2 is 2.47 bits per heavy atom. The topological polar surface area (TPSA) is 59.0 Å². The molecule has 0 bridgehead atoms. The maximum absolute atomic E-state index is 12.0. The summed E-state index contributed by atoms with van der Waals surface area (Å²) in [6.45, 7) is 6.63. The van der Waals surface area contributed by atoms with Crippen LogP contribution in [0.4, 0.5) is 0 Å². The lowest BCUT2D eigenvalue weighted by Crippen LogP contribution is -2.41. The molecule has 1 aliphatic heterocycles. The van der Waals surface area contributed by atoms with Crippen molar-refractivity contribution in [3.8, 4) is 0 Å². The monoisotopic (exact) mass is 236 g/mol. The Morgan fingerprint density at radius 1 is 1.65 bits per heavy atom. The molecule has 0 spiro atoms. The molecule has 0 aromatic carbocycles. The number of nitrogens with zero attached hydrogens (tertiary/aromatic N) is 2. The number of hydrogen-bond acceptors (Lipinski definition) is 3. The highest BCUT2D eigenvalue weighted by molar-refractivity contribution is 5.79. The van der Waals surface area contributed by atoms with Crippen molar-refractivity contribution in [3.63, 3.8) is 0 Å². The Kier molecular flexibility index (Phi) is 3.78. The molecule has 3 atom stereocenters. The molecule has 1 amide bonds. The van der Waals surface area contributed by atoms with E-state index in [-0.39, 0.29) is 17.9 Å². The van der Waals surface area contributed by atoms with Gasteiger partial charge in [0.25, 0.3) is 0 Å². The normalized spacial score (nSPS) is 25.8. The highest BCUT2D eigenvalue weighted by Gasteiger charge is 2.29. The summed E-state index contributed by atoms with van der Waals surface area (Å²) in [6, 6.07) is 0.129. The van der Waals surface area contributed by atoms with Gasteiger partial charge in [-0.1, -0.05) is 6.92 Å². The van der Waals surface area contributed by atoms with Crippen molar-refractivity contribution in [2.75, 3.05) is 13.1 Å². The van der Waals surface area contributed by atoms with Gasteiger partial charge in [-0.3, -0.25) is 4.79 Å². The van der Waals surface area contributed by atoms with E-state index >= 15 is 0 Å². The number of aromatic nitrogens is 2. The fraction of sp³-hybridized carbons (Fsp3) is 0.667. The summed E-state index contributed by atoms with van der Waals surface area (Å²) in [5.74, 6) is 0.700. The molecule has 0 radical (unpaired) electrons. The zero-order valence-corrected chi connectivity index (χ0v) is 10.4. The number of carbonyl (C=O) groups excluding carboxylic acids is 1. The minimum Gasteiger partial charge on any atom is -0.352 e. The Hall–Kier alpha value is -1.36. The molecular weight excluding hydrogens is 216 g/mol. The predicted molar refractivity (Wildman–Crippen MR) is 65.4 cm³/mol. The molecule has 0 saturated carbocycles. The van der Waals surface area contributed by atoms with Gasteiger partial charge in [-0.15, -0.1) is 0 Å². The second kappa shape index (κ2) is 5.31. The third kappa shape index (κ3) is 3.06. The molecular formula is C12H20N4O. The smallest absolute Gasteiger partial charge is 0.224 e. The molecule has 2 heterocycles. The average molecular weight is 236 g/mol. The van der Waals surface area contributed by atoms with Gasteiger partial charge in [0.15, 0.2) is 0 Å². The van der Waals surface area contributed by atoms with Gasteiger partial charge in [-0.25, -0.2) is 4.98 Å². The molecule has 1 saturated heterocycles. The molecule has 17 heavy (non-hydrogen) atoms. The Bertz CT molecular complexity index is 363. The van der Waals surface area contributed by atoms with Crippen LogP contribution in [0.3, 0.4) is 0 Å². The molecule has 5 heteroatoms. The number of carbonyl (C=O) groups is 1. The van der Waals surface area contributed by atoms with E-state index in [0.717, 1.165) is 19.6 Å². The van der Waals surface area contributed by atoms with E-state index in [4.69, 9.17) is 0 Å². The highest BCUT2D eigenvalue weighted by atomic mass is 16.2. The predicted octanol–water partition coefficient (Wildman–Crippen LogP) is 0.243. The summed E-state index contributed by atoms with van der Waals surface area (Å²) in [7, 11) is 0. The van der Waals surface area contributed by atoms with Crippen LogP contribution in [0.5, 0.6) is 0 Å². The van der Waals surface area contributed by atoms with E-state index in [1.807, 2.05) is 17.7 Å². The second-order valence-corrected chi connectivity index (χ2v) is 4.91. The van der Waals surface area contributed by atoms with Crippen molar-refractivity contribution in [2.24, 2.45) is 11.8 Å². The third-order valence-electron chi connectivity index (χ3n) is 3.29. The van der Waals surface area contributed by atoms with Gasteiger partial charge in [0.2, 0.25) is 5.91 Å². The lowest BCUT2D eigenvalue weighted by Gasteiger charge is -2.19. The van der Waals surface area contributed by atoms with Crippen LogP contribution >= 0.6 is 0 Å². The SMILES string of the molecule is CC(Cn1ccnc1)NC(=O)C1CNCC1C. The van der Waals surface area contributed by atoms with E-state index < -0.39 is 0 Å². The summed E-state index contributed by atoms with van der Waals surface area (Å²) < 4.78 is 1.97. The van der Waals surface area contributed by atoms with Crippen molar-refractivity contribution in [3.05, 3.63) is 18.7 Å². The third-order valence-corrected chi connectivity index (χ3v) is 3.29. The number of nitrogens with one attached hydrogen (secondary N) is 2. The summed E-state index contributed by atoms with van der Waals surface area (Å²) in [4.78, 5) is 16.0. The summed E-state index contributed by atoms with van der Waals surface area (Å²) in [6.07, 6.45) is 5.42. The second-order valence-electron chi connectivity index (χ2n) is 4.91.